The number of hydrogen-bond acceptors (Lipinski definition) is 3. The Morgan fingerprint density at radius 2 is 2.00 bits per heavy atom. The minimum absolute atomic E-state index is 0.104. The molecular formula is C16H18F3NO4. The lowest BCUT2D eigenvalue weighted by molar-refractivity contribution is -0.156. The highest BCUT2D eigenvalue weighted by Gasteiger charge is 2.45. The van der Waals surface area contributed by atoms with Gasteiger partial charge >= 0.3 is 12.1 Å². The number of carboxylic acid groups (broad SMARTS) is 1. The second kappa shape index (κ2) is 6.80. The van der Waals surface area contributed by atoms with Gasteiger partial charge in [0.1, 0.15) is 5.41 Å². The predicted octanol–water partition coefficient (Wildman–Crippen LogP) is 2.66. The maximum Gasteiger partial charge on any atom is 0.417 e. The molecule has 1 heterocycles. The fourth-order valence-electron chi connectivity index (χ4n) is 3.02. The van der Waals surface area contributed by atoms with Gasteiger partial charge in [-0.25, -0.2) is 0 Å². The lowest BCUT2D eigenvalue weighted by Crippen LogP contribution is -2.52. The van der Waals surface area contributed by atoms with Gasteiger partial charge in [-0.15, -0.1) is 0 Å². The third kappa shape index (κ3) is 3.53. The van der Waals surface area contributed by atoms with Crippen molar-refractivity contribution in [3.63, 3.8) is 0 Å². The van der Waals surface area contributed by atoms with E-state index in [1.165, 1.54) is 24.1 Å². The van der Waals surface area contributed by atoms with E-state index in [4.69, 9.17) is 4.74 Å². The number of hydrogen-bond donors (Lipinski definition) is 1. The van der Waals surface area contributed by atoms with Gasteiger partial charge in [-0.2, -0.15) is 13.2 Å². The first kappa shape index (κ1) is 18.3. The van der Waals surface area contributed by atoms with Crippen LogP contribution in [-0.4, -0.2) is 48.7 Å². The van der Waals surface area contributed by atoms with E-state index in [1.54, 1.807) is 0 Å². The van der Waals surface area contributed by atoms with Gasteiger partial charge in [0, 0.05) is 20.2 Å². The summed E-state index contributed by atoms with van der Waals surface area (Å²) in [6.07, 6.45) is -3.96. The van der Waals surface area contributed by atoms with Crippen LogP contribution >= 0.6 is 0 Å². The smallest absolute Gasteiger partial charge is 0.417 e. The molecule has 1 saturated heterocycles. The SMILES string of the molecule is COCC1(C(=O)O)CCCN(C(=O)c2ccccc2C(F)(F)F)C1. The zero-order valence-corrected chi connectivity index (χ0v) is 13.1. The largest absolute Gasteiger partial charge is 0.481 e. The molecule has 0 aromatic heterocycles. The van der Waals surface area contributed by atoms with Crippen LogP contribution in [0.3, 0.4) is 0 Å². The summed E-state index contributed by atoms with van der Waals surface area (Å²) < 4.78 is 44.2. The zero-order chi connectivity index (χ0) is 18.0. The Hall–Kier alpha value is -2.09. The van der Waals surface area contributed by atoms with Crippen molar-refractivity contribution in [1.29, 1.82) is 0 Å². The summed E-state index contributed by atoms with van der Waals surface area (Å²) in [5, 5.41) is 9.48. The van der Waals surface area contributed by atoms with Gasteiger partial charge in [0.2, 0.25) is 0 Å². The summed E-state index contributed by atoms with van der Waals surface area (Å²) >= 11 is 0. The van der Waals surface area contributed by atoms with Crippen molar-refractivity contribution in [2.24, 2.45) is 5.41 Å². The third-order valence-electron chi connectivity index (χ3n) is 4.20. The van der Waals surface area contributed by atoms with Crippen LogP contribution in [0, 0.1) is 5.41 Å². The number of aliphatic carboxylic acids is 1. The zero-order valence-electron chi connectivity index (χ0n) is 13.1. The average molecular weight is 345 g/mol. The maximum atomic E-state index is 13.1. The van der Waals surface area contributed by atoms with Crippen molar-refractivity contribution >= 4 is 11.9 Å². The minimum atomic E-state index is -4.65. The summed E-state index contributed by atoms with van der Waals surface area (Å²) in [6, 6.07) is 4.52. The first-order valence-corrected chi connectivity index (χ1v) is 7.39. The molecule has 0 aliphatic carbocycles. The Balaban J connectivity index is 2.32. The van der Waals surface area contributed by atoms with Crippen molar-refractivity contribution in [3.05, 3.63) is 35.4 Å². The molecule has 1 N–H and O–H groups in total. The molecule has 0 bridgehead atoms. The van der Waals surface area contributed by atoms with Crippen LogP contribution in [0.2, 0.25) is 0 Å². The van der Waals surface area contributed by atoms with E-state index in [9.17, 15) is 27.9 Å². The average Bonchev–Trinajstić information content (AvgIpc) is 2.53. The second-order valence-electron chi connectivity index (χ2n) is 5.89. The molecule has 132 valence electrons. The molecular weight excluding hydrogens is 327 g/mol. The Kier molecular flexibility index (Phi) is 5.17. The van der Waals surface area contributed by atoms with Crippen molar-refractivity contribution in [2.75, 3.05) is 26.8 Å². The number of carbonyl (C=O) groups excluding carboxylic acids is 1. The van der Waals surface area contributed by atoms with E-state index in [2.05, 4.69) is 0 Å². The summed E-state index contributed by atoms with van der Waals surface area (Å²) in [7, 11) is 1.35. The highest BCUT2D eigenvalue weighted by molar-refractivity contribution is 5.96. The van der Waals surface area contributed by atoms with E-state index < -0.39 is 34.6 Å². The first-order chi connectivity index (χ1) is 11.2. The van der Waals surface area contributed by atoms with E-state index in [-0.39, 0.29) is 19.7 Å². The third-order valence-corrected chi connectivity index (χ3v) is 4.20. The van der Waals surface area contributed by atoms with Crippen LogP contribution in [0.25, 0.3) is 0 Å². The Labute approximate surface area is 137 Å². The van der Waals surface area contributed by atoms with Crippen molar-refractivity contribution in [1.82, 2.24) is 4.90 Å². The molecule has 1 atom stereocenters. The number of carboxylic acids is 1. The second-order valence-corrected chi connectivity index (χ2v) is 5.89. The van der Waals surface area contributed by atoms with Crippen LogP contribution in [0.15, 0.2) is 24.3 Å². The fourth-order valence-corrected chi connectivity index (χ4v) is 3.02. The molecule has 5 nitrogen and oxygen atoms in total. The maximum absolute atomic E-state index is 13.1. The van der Waals surface area contributed by atoms with Crippen LogP contribution in [0.4, 0.5) is 13.2 Å². The molecule has 1 aliphatic rings. The number of amides is 1. The predicted molar refractivity (Wildman–Crippen MR) is 78.5 cm³/mol. The topological polar surface area (TPSA) is 66.8 Å². The lowest BCUT2D eigenvalue weighted by Gasteiger charge is -2.39. The molecule has 0 radical (unpaired) electrons. The minimum Gasteiger partial charge on any atom is -0.481 e. The molecule has 1 fully saturated rings. The van der Waals surface area contributed by atoms with Crippen LogP contribution in [0.1, 0.15) is 28.8 Å². The van der Waals surface area contributed by atoms with Gasteiger partial charge in [-0.1, -0.05) is 12.1 Å². The standard InChI is InChI=1S/C16H18F3NO4/c1-24-10-15(14(22)23)7-4-8-20(9-15)13(21)11-5-2-3-6-12(11)16(17,18)19/h2-3,5-6H,4,7-10H2,1H3,(H,22,23). The lowest BCUT2D eigenvalue weighted by atomic mass is 9.80. The van der Waals surface area contributed by atoms with Gasteiger partial charge in [0.25, 0.3) is 5.91 Å². The Morgan fingerprint density at radius 1 is 1.33 bits per heavy atom. The molecule has 1 amide bonds. The highest BCUT2D eigenvalue weighted by Crippen LogP contribution is 2.35. The number of likely N-dealkylation sites (tertiary alicyclic amines) is 1. The van der Waals surface area contributed by atoms with Gasteiger partial charge in [-0.3, -0.25) is 9.59 Å². The summed E-state index contributed by atoms with van der Waals surface area (Å²) in [4.78, 5) is 25.3. The van der Waals surface area contributed by atoms with E-state index in [0.717, 1.165) is 12.1 Å². The number of nitrogens with zero attached hydrogens (tertiary/aromatic N) is 1. The molecule has 1 unspecified atom stereocenters. The molecule has 0 spiro atoms. The number of carbonyl (C=O) groups is 2. The Morgan fingerprint density at radius 3 is 2.58 bits per heavy atom. The molecule has 2 rings (SSSR count). The van der Waals surface area contributed by atoms with Crippen molar-refractivity contribution < 1.29 is 32.6 Å². The molecule has 0 saturated carbocycles. The number of benzene rings is 1. The quantitative estimate of drug-likeness (QED) is 0.911. The molecule has 24 heavy (non-hydrogen) atoms. The van der Waals surface area contributed by atoms with Gasteiger partial charge < -0.3 is 14.7 Å². The van der Waals surface area contributed by atoms with E-state index in [0.29, 0.717) is 12.8 Å². The number of halogens is 3. The van der Waals surface area contributed by atoms with Gasteiger partial charge in [0.05, 0.1) is 17.7 Å². The summed E-state index contributed by atoms with van der Waals surface area (Å²) in [5.74, 6) is -1.93. The van der Waals surface area contributed by atoms with Crippen molar-refractivity contribution in [2.45, 2.75) is 19.0 Å². The fraction of sp³-hybridized carbons (Fsp3) is 0.500. The molecule has 1 aromatic carbocycles. The number of methoxy groups -OCH3 is 1. The van der Waals surface area contributed by atoms with Crippen LogP contribution in [0.5, 0.6) is 0 Å². The van der Waals surface area contributed by atoms with E-state index >= 15 is 0 Å². The van der Waals surface area contributed by atoms with Crippen LogP contribution in [-0.2, 0) is 15.7 Å². The number of ether oxygens (including phenoxy) is 1. The van der Waals surface area contributed by atoms with Crippen LogP contribution < -0.4 is 0 Å². The number of piperidine rings is 1. The first-order valence-electron chi connectivity index (χ1n) is 7.39. The molecule has 8 heteroatoms. The van der Waals surface area contributed by atoms with Crippen molar-refractivity contribution in [3.8, 4) is 0 Å². The monoisotopic (exact) mass is 345 g/mol. The highest BCUT2D eigenvalue weighted by atomic mass is 19.4. The summed E-state index contributed by atoms with van der Waals surface area (Å²) in [6.45, 7) is -0.0714. The van der Waals surface area contributed by atoms with Gasteiger partial charge in [0.15, 0.2) is 0 Å². The number of rotatable bonds is 4. The Bertz CT molecular complexity index is 628. The van der Waals surface area contributed by atoms with E-state index in [1.807, 2.05) is 0 Å². The summed E-state index contributed by atoms with van der Waals surface area (Å²) in [5.41, 5.74) is -2.78. The molecule has 1 aromatic rings. The molecule has 1 aliphatic heterocycles. The normalized spacial score (nSPS) is 21.6. The number of alkyl halides is 3. The van der Waals surface area contributed by atoms with Gasteiger partial charge in [-0.05, 0) is 25.0 Å².